The summed E-state index contributed by atoms with van der Waals surface area (Å²) in [5.74, 6) is 1.86. The van der Waals surface area contributed by atoms with Crippen molar-refractivity contribution in [3.05, 3.63) is 24.3 Å². The maximum absolute atomic E-state index is 5.52. The van der Waals surface area contributed by atoms with Crippen LogP contribution in [0.3, 0.4) is 0 Å². The summed E-state index contributed by atoms with van der Waals surface area (Å²) in [7, 11) is 1.73. The molecule has 0 bridgehead atoms. The molecule has 0 spiro atoms. The SMILES string of the molecule is CCNC(=NCC(C)N(CC)CC)NC1CCN(c2ccccc2OC)C1.I. The second-order valence-electron chi connectivity index (χ2n) is 7.04. The third-order valence-electron chi connectivity index (χ3n) is 5.25. The van der Waals surface area contributed by atoms with Crippen molar-refractivity contribution in [3.8, 4) is 5.75 Å². The topological polar surface area (TPSA) is 52.1 Å². The molecule has 2 atom stereocenters. The van der Waals surface area contributed by atoms with Gasteiger partial charge in [0.2, 0.25) is 0 Å². The molecule has 7 heteroatoms. The van der Waals surface area contributed by atoms with E-state index < -0.39 is 0 Å². The van der Waals surface area contributed by atoms with Gasteiger partial charge in [0.15, 0.2) is 5.96 Å². The first kappa shape index (κ1) is 24.8. The molecular weight excluding hydrogens is 465 g/mol. The number of nitrogens with zero attached hydrogens (tertiary/aromatic N) is 3. The summed E-state index contributed by atoms with van der Waals surface area (Å²) in [5.41, 5.74) is 1.17. The average Bonchev–Trinajstić information content (AvgIpc) is 3.15. The van der Waals surface area contributed by atoms with Crippen molar-refractivity contribution in [2.75, 3.05) is 51.3 Å². The summed E-state index contributed by atoms with van der Waals surface area (Å²) >= 11 is 0. The van der Waals surface area contributed by atoms with Crippen LogP contribution in [-0.4, -0.2) is 69.3 Å². The maximum Gasteiger partial charge on any atom is 0.191 e. The number of aliphatic imine (C=N–C) groups is 1. The summed E-state index contributed by atoms with van der Waals surface area (Å²) < 4.78 is 5.52. The Hall–Kier alpha value is -1.22. The van der Waals surface area contributed by atoms with E-state index in [1.807, 2.05) is 12.1 Å². The van der Waals surface area contributed by atoms with E-state index >= 15 is 0 Å². The van der Waals surface area contributed by atoms with E-state index in [0.717, 1.165) is 57.4 Å². The fraction of sp³-hybridized carbons (Fsp3) is 0.667. The first-order chi connectivity index (χ1) is 13.1. The number of halogens is 1. The van der Waals surface area contributed by atoms with Gasteiger partial charge in [0.25, 0.3) is 0 Å². The zero-order valence-corrected chi connectivity index (χ0v) is 20.4. The summed E-state index contributed by atoms with van der Waals surface area (Å²) in [6.07, 6.45) is 1.09. The van der Waals surface area contributed by atoms with Gasteiger partial charge in [0.05, 0.1) is 19.3 Å². The van der Waals surface area contributed by atoms with E-state index in [0.29, 0.717) is 12.1 Å². The summed E-state index contributed by atoms with van der Waals surface area (Å²) in [6.45, 7) is 14.6. The first-order valence-electron chi connectivity index (χ1n) is 10.3. The molecule has 0 aromatic heterocycles. The van der Waals surface area contributed by atoms with Gasteiger partial charge in [-0.15, -0.1) is 24.0 Å². The van der Waals surface area contributed by atoms with Crippen LogP contribution in [0.15, 0.2) is 29.3 Å². The van der Waals surface area contributed by atoms with Crippen molar-refractivity contribution >= 4 is 35.6 Å². The Balaban J connectivity index is 0.00000392. The monoisotopic (exact) mass is 503 g/mol. The van der Waals surface area contributed by atoms with Gasteiger partial charge in [-0.2, -0.15) is 0 Å². The smallest absolute Gasteiger partial charge is 0.191 e. The number of benzene rings is 1. The lowest BCUT2D eigenvalue weighted by atomic mass is 10.2. The zero-order chi connectivity index (χ0) is 19.6. The van der Waals surface area contributed by atoms with Crippen molar-refractivity contribution in [1.29, 1.82) is 0 Å². The number of ether oxygens (including phenoxy) is 1. The standard InChI is InChI=1S/C21H37N5O.HI/c1-6-22-21(23-15-17(4)25(7-2)8-3)24-18-13-14-26(16-18)19-11-9-10-12-20(19)27-5;/h9-12,17-18H,6-8,13-16H2,1-5H3,(H2,22,23,24);1H. The lowest BCUT2D eigenvalue weighted by Gasteiger charge is -2.25. The number of para-hydroxylation sites is 2. The van der Waals surface area contributed by atoms with Crippen LogP contribution in [0.2, 0.25) is 0 Å². The van der Waals surface area contributed by atoms with Crippen molar-refractivity contribution in [2.45, 2.75) is 46.2 Å². The molecule has 2 N–H and O–H groups in total. The van der Waals surface area contributed by atoms with E-state index in [2.05, 4.69) is 60.3 Å². The lowest BCUT2D eigenvalue weighted by molar-refractivity contribution is 0.237. The molecule has 1 aliphatic rings. The Morgan fingerprint density at radius 1 is 1.29 bits per heavy atom. The fourth-order valence-electron chi connectivity index (χ4n) is 3.69. The highest BCUT2D eigenvalue weighted by molar-refractivity contribution is 14.0. The van der Waals surface area contributed by atoms with Gasteiger partial charge in [-0.05, 0) is 45.5 Å². The van der Waals surface area contributed by atoms with Crippen LogP contribution in [0, 0.1) is 0 Å². The molecule has 1 fully saturated rings. The fourth-order valence-corrected chi connectivity index (χ4v) is 3.69. The number of hydrogen-bond acceptors (Lipinski definition) is 4. The predicted octanol–water partition coefficient (Wildman–Crippen LogP) is 3.18. The van der Waals surface area contributed by atoms with Crippen molar-refractivity contribution in [1.82, 2.24) is 15.5 Å². The van der Waals surface area contributed by atoms with Crippen LogP contribution in [-0.2, 0) is 0 Å². The molecule has 1 saturated heterocycles. The third kappa shape index (κ3) is 6.99. The average molecular weight is 503 g/mol. The van der Waals surface area contributed by atoms with Crippen molar-refractivity contribution in [2.24, 2.45) is 4.99 Å². The maximum atomic E-state index is 5.52. The molecule has 1 heterocycles. The van der Waals surface area contributed by atoms with E-state index in [-0.39, 0.29) is 24.0 Å². The quantitative estimate of drug-likeness (QED) is 0.308. The largest absolute Gasteiger partial charge is 0.495 e. The van der Waals surface area contributed by atoms with E-state index in [9.17, 15) is 0 Å². The van der Waals surface area contributed by atoms with Gasteiger partial charge >= 0.3 is 0 Å². The highest BCUT2D eigenvalue weighted by Crippen LogP contribution is 2.30. The van der Waals surface area contributed by atoms with Crippen LogP contribution >= 0.6 is 24.0 Å². The van der Waals surface area contributed by atoms with Gasteiger partial charge < -0.3 is 20.3 Å². The molecule has 0 aliphatic carbocycles. The van der Waals surface area contributed by atoms with Crippen LogP contribution in [0.25, 0.3) is 0 Å². The Bertz CT molecular complexity index is 594. The lowest BCUT2D eigenvalue weighted by Crippen LogP contribution is -2.45. The Morgan fingerprint density at radius 2 is 2.00 bits per heavy atom. The molecule has 2 unspecified atom stereocenters. The second-order valence-corrected chi connectivity index (χ2v) is 7.04. The third-order valence-corrected chi connectivity index (χ3v) is 5.25. The summed E-state index contributed by atoms with van der Waals surface area (Å²) in [4.78, 5) is 9.66. The molecule has 1 aliphatic heterocycles. The minimum absolute atomic E-state index is 0. The summed E-state index contributed by atoms with van der Waals surface area (Å²) in [6, 6.07) is 9.07. The van der Waals surface area contributed by atoms with Crippen LogP contribution < -0.4 is 20.3 Å². The minimum atomic E-state index is 0. The van der Waals surface area contributed by atoms with Crippen molar-refractivity contribution < 1.29 is 4.74 Å². The molecule has 160 valence electrons. The predicted molar refractivity (Wildman–Crippen MR) is 131 cm³/mol. The molecule has 28 heavy (non-hydrogen) atoms. The zero-order valence-electron chi connectivity index (χ0n) is 18.1. The van der Waals surface area contributed by atoms with Crippen LogP contribution in [0.1, 0.15) is 34.1 Å². The highest BCUT2D eigenvalue weighted by atomic mass is 127. The Kier molecular flexibility index (Phi) is 11.6. The normalized spacial score (nSPS) is 18.0. The summed E-state index contributed by atoms with van der Waals surface area (Å²) in [5, 5.41) is 7.02. The van der Waals surface area contributed by atoms with E-state index in [4.69, 9.17) is 9.73 Å². The van der Waals surface area contributed by atoms with E-state index in [1.165, 1.54) is 5.69 Å². The second kappa shape index (κ2) is 13.1. The van der Waals surface area contributed by atoms with Gasteiger partial charge in [-0.25, -0.2) is 0 Å². The Labute approximate surface area is 188 Å². The van der Waals surface area contributed by atoms with Crippen molar-refractivity contribution in [3.63, 3.8) is 0 Å². The molecule has 1 aromatic carbocycles. The molecular formula is C21H38IN5O. The number of hydrogen-bond donors (Lipinski definition) is 2. The van der Waals surface area contributed by atoms with Gasteiger partial charge in [0, 0.05) is 31.7 Å². The Morgan fingerprint density at radius 3 is 2.64 bits per heavy atom. The molecule has 0 radical (unpaired) electrons. The van der Waals surface area contributed by atoms with Gasteiger partial charge in [-0.3, -0.25) is 9.89 Å². The van der Waals surface area contributed by atoms with Gasteiger partial charge in [0.1, 0.15) is 5.75 Å². The number of rotatable bonds is 9. The number of methoxy groups -OCH3 is 1. The number of guanidine groups is 1. The van der Waals surface area contributed by atoms with E-state index in [1.54, 1.807) is 7.11 Å². The number of likely N-dealkylation sites (N-methyl/N-ethyl adjacent to an activating group) is 1. The first-order valence-corrected chi connectivity index (χ1v) is 10.3. The number of nitrogens with one attached hydrogen (secondary N) is 2. The molecule has 1 aromatic rings. The molecule has 0 amide bonds. The highest BCUT2D eigenvalue weighted by Gasteiger charge is 2.25. The molecule has 6 nitrogen and oxygen atoms in total. The molecule has 0 saturated carbocycles. The number of anilines is 1. The van der Waals surface area contributed by atoms with Crippen LogP contribution in [0.4, 0.5) is 5.69 Å². The molecule has 2 rings (SSSR count). The van der Waals surface area contributed by atoms with Gasteiger partial charge in [-0.1, -0.05) is 26.0 Å². The van der Waals surface area contributed by atoms with Crippen LogP contribution in [0.5, 0.6) is 5.75 Å². The minimum Gasteiger partial charge on any atom is -0.495 e.